The standard InChI is InChI=1S/C17H20N2O4/c1-2-9-17(12-18-16(22)23)10-6-11-19(15(17)21)14(20)13-7-4-3-5-8-13/h2-5,7-8,18H,1,6,9-12H2,(H,22,23). The second kappa shape index (κ2) is 7.09. The highest BCUT2D eigenvalue weighted by Gasteiger charge is 2.45. The van der Waals surface area contributed by atoms with Gasteiger partial charge in [-0.15, -0.1) is 6.58 Å². The molecular formula is C17H20N2O4. The Morgan fingerprint density at radius 1 is 1.35 bits per heavy atom. The number of carbonyl (C=O) groups excluding carboxylic acids is 2. The Labute approximate surface area is 134 Å². The van der Waals surface area contributed by atoms with Crippen LogP contribution in [0.25, 0.3) is 0 Å². The molecule has 0 aliphatic carbocycles. The number of likely N-dealkylation sites (tertiary alicyclic amines) is 1. The second-order valence-electron chi connectivity index (χ2n) is 5.66. The van der Waals surface area contributed by atoms with Crippen molar-refractivity contribution in [2.24, 2.45) is 5.41 Å². The van der Waals surface area contributed by atoms with Crippen LogP contribution in [-0.2, 0) is 4.79 Å². The van der Waals surface area contributed by atoms with E-state index in [4.69, 9.17) is 5.11 Å². The maximum atomic E-state index is 12.9. The Hall–Kier alpha value is -2.63. The number of hydrogen-bond donors (Lipinski definition) is 2. The van der Waals surface area contributed by atoms with Crippen molar-refractivity contribution in [2.45, 2.75) is 19.3 Å². The smallest absolute Gasteiger partial charge is 0.404 e. The first-order chi connectivity index (χ1) is 11.0. The molecule has 0 spiro atoms. The topological polar surface area (TPSA) is 86.7 Å². The van der Waals surface area contributed by atoms with Crippen molar-refractivity contribution in [1.29, 1.82) is 0 Å². The number of piperidine rings is 1. The summed E-state index contributed by atoms with van der Waals surface area (Å²) in [6.45, 7) is 3.98. The number of carboxylic acid groups (broad SMARTS) is 1. The summed E-state index contributed by atoms with van der Waals surface area (Å²) in [5.41, 5.74) is -0.496. The second-order valence-corrected chi connectivity index (χ2v) is 5.66. The molecule has 23 heavy (non-hydrogen) atoms. The van der Waals surface area contributed by atoms with Gasteiger partial charge in [-0.05, 0) is 31.4 Å². The number of nitrogens with zero attached hydrogens (tertiary/aromatic N) is 1. The van der Waals surface area contributed by atoms with Crippen LogP contribution in [0.4, 0.5) is 4.79 Å². The van der Waals surface area contributed by atoms with Gasteiger partial charge in [0, 0.05) is 18.7 Å². The van der Waals surface area contributed by atoms with Gasteiger partial charge in [-0.3, -0.25) is 14.5 Å². The van der Waals surface area contributed by atoms with Crippen LogP contribution < -0.4 is 5.32 Å². The van der Waals surface area contributed by atoms with Gasteiger partial charge in [0.1, 0.15) is 0 Å². The van der Waals surface area contributed by atoms with Crippen molar-refractivity contribution in [2.75, 3.05) is 13.1 Å². The number of amides is 3. The molecule has 6 nitrogen and oxygen atoms in total. The molecule has 1 atom stereocenters. The van der Waals surface area contributed by atoms with Crippen molar-refractivity contribution in [3.05, 3.63) is 48.6 Å². The molecule has 1 aromatic rings. The average molecular weight is 316 g/mol. The fraction of sp³-hybridized carbons (Fsp3) is 0.353. The molecule has 1 aliphatic heterocycles. The number of nitrogens with one attached hydrogen (secondary N) is 1. The van der Waals surface area contributed by atoms with E-state index in [0.29, 0.717) is 31.4 Å². The van der Waals surface area contributed by atoms with Gasteiger partial charge >= 0.3 is 6.09 Å². The van der Waals surface area contributed by atoms with E-state index < -0.39 is 11.5 Å². The van der Waals surface area contributed by atoms with Crippen LogP contribution in [0.1, 0.15) is 29.6 Å². The quantitative estimate of drug-likeness (QED) is 0.644. The van der Waals surface area contributed by atoms with Crippen molar-refractivity contribution in [3.63, 3.8) is 0 Å². The lowest BCUT2D eigenvalue weighted by Crippen LogP contribution is -2.55. The van der Waals surface area contributed by atoms with Crippen molar-refractivity contribution in [1.82, 2.24) is 10.2 Å². The minimum absolute atomic E-state index is 0.0221. The van der Waals surface area contributed by atoms with Crippen molar-refractivity contribution < 1.29 is 19.5 Å². The molecular weight excluding hydrogens is 296 g/mol. The van der Waals surface area contributed by atoms with E-state index >= 15 is 0 Å². The Morgan fingerprint density at radius 3 is 2.65 bits per heavy atom. The normalized spacial score (nSPS) is 20.9. The first-order valence-corrected chi connectivity index (χ1v) is 7.49. The molecule has 1 saturated heterocycles. The molecule has 2 rings (SSSR count). The van der Waals surface area contributed by atoms with Gasteiger partial charge in [-0.1, -0.05) is 24.3 Å². The lowest BCUT2D eigenvalue weighted by atomic mass is 9.76. The van der Waals surface area contributed by atoms with Crippen molar-refractivity contribution in [3.8, 4) is 0 Å². The number of carbonyl (C=O) groups is 3. The first kappa shape index (κ1) is 16.7. The minimum atomic E-state index is -1.19. The van der Waals surface area contributed by atoms with Gasteiger partial charge in [-0.25, -0.2) is 4.79 Å². The molecule has 1 fully saturated rings. The van der Waals surface area contributed by atoms with E-state index in [1.807, 2.05) is 0 Å². The zero-order valence-corrected chi connectivity index (χ0v) is 12.8. The molecule has 0 bridgehead atoms. The summed E-state index contributed by atoms with van der Waals surface area (Å²) < 4.78 is 0. The molecule has 1 unspecified atom stereocenters. The molecule has 122 valence electrons. The van der Waals surface area contributed by atoms with Gasteiger partial charge in [0.2, 0.25) is 5.91 Å². The first-order valence-electron chi connectivity index (χ1n) is 7.49. The van der Waals surface area contributed by atoms with Gasteiger partial charge in [0.25, 0.3) is 5.91 Å². The molecule has 0 aromatic heterocycles. The van der Waals surface area contributed by atoms with Crippen molar-refractivity contribution >= 4 is 17.9 Å². The minimum Gasteiger partial charge on any atom is -0.465 e. The maximum Gasteiger partial charge on any atom is 0.404 e. The predicted molar refractivity (Wildman–Crippen MR) is 85.0 cm³/mol. The number of rotatable bonds is 5. The van der Waals surface area contributed by atoms with Crippen LogP contribution in [0.2, 0.25) is 0 Å². The molecule has 1 heterocycles. The van der Waals surface area contributed by atoms with Crippen LogP contribution >= 0.6 is 0 Å². The molecule has 0 saturated carbocycles. The summed E-state index contributed by atoms with van der Waals surface area (Å²) in [6, 6.07) is 8.60. The third kappa shape index (κ3) is 3.59. The van der Waals surface area contributed by atoms with E-state index in [-0.39, 0.29) is 18.4 Å². The van der Waals surface area contributed by atoms with Crippen LogP contribution in [0, 0.1) is 5.41 Å². The molecule has 0 radical (unpaired) electrons. The number of benzene rings is 1. The molecule has 6 heteroatoms. The summed E-state index contributed by atoms with van der Waals surface area (Å²) in [6.07, 6.45) is 1.89. The monoisotopic (exact) mass is 316 g/mol. The van der Waals surface area contributed by atoms with Crippen LogP contribution in [0.3, 0.4) is 0 Å². The molecule has 1 aliphatic rings. The zero-order valence-electron chi connectivity index (χ0n) is 12.8. The third-order valence-corrected chi connectivity index (χ3v) is 4.11. The Bertz CT molecular complexity index is 614. The fourth-order valence-electron chi connectivity index (χ4n) is 2.95. The Morgan fingerprint density at radius 2 is 2.04 bits per heavy atom. The lowest BCUT2D eigenvalue weighted by molar-refractivity contribution is -0.142. The number of allylic oxidation sites excluding steroid dienone is 1. The van der Waals surface area contributed by atoms with E-state index in [1.54, 1.807) is 36.4 Å². The number of hydrogen-bond acceptors (Lipinski definition) is 3. The third-order valence-electron chi connectivity index (χ3n) is 4.11. The van der Waals surface area contributed by atoms with E-state index in [1.165, 1.54) is 4.90 Å². The number of imide groups is 1. The summed E-state index contributed by atoms with van der Waals surface area (Å²) >= 11 is 0. The Kier molecular flexibility index (Phi) is 5.16. The summed E-state index contributed by atoms with van der Waals surface area (Å²) in [7, 11) is 0. The van der Waals surface area contributed by atoms with Gasteiger partial charge in [0.05, 0.1) is 5.41 Å². The SMILES string of the molecule is C=CCC1(CNC(=O)O)CCCN(C(=O)c2ccccc2)C1=O. The van der Waals surface area contributed by atoms with Gasteiger partial charge in [-0.2, -0.15) is 0 Å². The highest BCUT2D eigenvalue weighted by Crippen LogP contribution is 2.35. The predicted octanol–water partition coefficient (Wildman–Crippen LogP) is 2.28. The van der Waals surface area contributed by atoms with Crippen LogP contribution in [0.15, 0.2) is 43.0 Å². The molecule has 3 amide bonds. The maximum absolute atomic E-state index is 12.9. The average Bonchev–Trinajstić information content (AvgIpc) is 2.56. The molecule has 1 aromatic carbocycles. The summed E-state index contributed by atoms with van der Waals surface area (Å²) in [5.74, 6) is -0.690. The van der Waals surface area contributed by atoms with E-state index in [9.17, 15) is 14.4 Å². The lowest BCUT2D eigenvalue weighted by Gasteiger charge is -2.40. The largest absolute Gasteiger partial charge is 0.465 e. The summed E-state index contributed by atoms with van der Waals surface area (Å²) in [4.78, 5) is 37.5. The van der Waals surface area contributed by atoms with Crippen LogP contribution in [-0.4, -0.2) is 41.0 Å². The van der Waals surface area contributed by atoms with Crippen LogP contribution in [0.5, 0.6) is 0 Å². The highest BCUT2D eigenvalue weighted by atomic mass is 16.4. The van der Waals surface area contributed by atoms with E-state index in [0.717, 1.165) is 0 Å². The summed E-state index contributed by atoms with van der Waals surface area (Å²) in [5, 5.41) is 11.1. The van der Waals surface area contributed by atoms with Gasteiger partial charge < -0.3 is 10.4 Å². The highest BCUT2D eigenvalue weighted by molar-refractivity contribution is 6.06. The fourth-order valence-corrected chi connectivity index (χ4v) is 2.95. The zero-order chi connectivity index (χ0) is 16.9. The van der Waals surface area contributed by atoms with E-state index in [2.05, 4.69) is 11.9 Å². The van der Waals surface area contributed by atoms with Gasteiger partial charge in [0.15, 0.2) is 0 Å². The Balaban J connectivity index is 2.25. The molecule has 2 N–H and O–H groups in total.